The number of hydrogen-bond donors (Lipinski definition) is 2. The number of alkyl halides is 3. The van der Waals surface area contributed by atoms with Gasteiger partial charge in [0, 0.05) is 23.0 Å². The number of allylic oxidation sites excluding steroid dienone is 1. The zero-order valence-corrected chi connectivity index (χ0v) is 18.8. The average Bonchev–Trinajstić information content (AvgIpc) is 3.13. The van der Waals surface area contributed by atoms with E-state index in [2.05, 4.69) is 16.9 Å². The Morgan fingerprint density at radius 2 is 1.91 bits per heavy atom. The third-order valence-electron chi connectivity index (χ3n) is 5.47. The number of ether oxygens (including phenoxy) is 1. The van der Waals surface area contributed by atoms with Crippen LogP contribution in [0.5, 0.6) is 5.75 Å². The summed E-state index contributed by atoms with van der Waals surface area (Å²) in [6.07, 6.45) is 2.19. The van der Waals surface area contributed by atoms with Crippen LogP contribution in [-0.4, -0.2) is 17.0 Å². The highest BCUT2D eigenvalue weighted by Crippen LogP contribution is 2.31. The van der Waals surface area contributed by atoms with Gasteiger partial charge in [-0.2, -0.15) is 13.2 Å². The third-order valence-corrected chi connectivity index (χ3v) is 5.47. The van der Waals surface area contributed by atoms with Crippen molar-refractivity contribution in [3.8, 4) is 5.75 Å². The maximum Gasteiger partial charge on any atom is 0.416 e. The first-order chi connectivity index (χ1) is 15.6. The van der Waals surface area contributed by atoms with Gasteiger partial charge < -0.3 is 15.0 Å². The number of aromatic amines is 1. The minimum absolute atomic E-state index is 0.0132. The molecular weight excluding hydrogens is 429 g/mol. The van der Waals surface area contributed by atoms with Crippen molar-refractivity contribution in [3.05, 3.63) is 72.4 Å². The molecule has 1 saturated carbocycles. The molecule has 1 amide bonds. The number of amides is 1. The lowest BCUT2D eigenvalue weighted by atomic mass is 9.96. The van der Waals surface area contributed by atoms with Gasteiger partial charge in [0.25, 0.3) is 0 Å². The van der Waals surface area contributed by atoms with Crippen LogP contribution >= 0.6 is 0 Å². The molecule has 1 aromatic heterocycles. The second-order valence-corrected chi connectivity index (χ2v) is 8.50. The number of halogens is 3. The van der Waals surface area contributed by atoms with Gasteiger partial charge in [-0.1, -0.05) is 42.8 Å². The first-order valence-corrected chi connectivity index (χ1v) is 11.0. The molecule has 7 heteroatoms. The number of carbonyl (C=O) groups is 1. The zero-order valence-electron chi connectivity index (χ0n) is 18.8. The van der Waals surface area contributed by atoms with Crippen LogP contribution in [0.2, 0.25) is 0 Å². The lowest BCUT2D eigenvalue weighted by molar-refractivity contribution is -0.137. The normalized spacial score (nSPS) is 14.6. The van der Waals surface area contributed by atoms with E-state index in [1.54, 1.807) is 6.07 Å². The molecule has 4 rings (SSSR count). The number of carbonyl (C=O) groups excluding carboxylic acids is 1. The lowest BCUT2D eigenvalue weighted by Gasteiger charge is -2.26. The molecule has 0 radical (unpaired) electrons. The average molecular weight is 459 g/mol. The molecule has 33 heavy (non-hydrogen) atoms. The zero-order chi connectivity index (χ0) is 24.0. The number of benzene rings is 2. The molecule has 3 aromatic rings. The molecule has 1 aliphatic rings. The SMILES string of the molecule is C=C(C)CC(C)C(=O)Nc1c[nH]c2ccc(OC3CCC3)cc12.FC(F)(F)c1ccccc1. The maximum absolute atomic E-state index is 12.3. The van der Waals surface area contributed by atoms with Crippen LogP contribution in [0, 0.1) is 5.92 Å². The number of H-pyrrole nitrogens is 1. The number of hydrogen-bond acceptors (Lipinski definition) is 2. The summed E-state index contributed by atoms with van der Waals surface area (Å²) in [5.74, 6) is 0.790. The van der Waals surface area contributed by atoms with Crippen LogP contribution in [0.4, 0.5) is 18.9 Å². The molecule has 0 bridgehead atoms. The molecule has 1 unspecified atom stereocenters. The topological polar surface area (TPSA) is 54.1 Å². The fraction of sp³-hybridized carbons (Fsp3) is 0.346. The summed E-state index contributed by atoms with van der Waals surface area (Å²) in [7, 11) is 0. The van der Waals surface area contributed by atoms with Gasteiger partial charge >= 0.3 is 6.18 Å². The fourth-order valence-corrected chi connectivity index (χ4v) is 3.46. The number of aromatic nitrogens is 1. The third kappa shape index (κ3) is 6.88. The van der Waals surface area contributed by atoms with Crippen molar-refractivity contribution in [2.75, 3.05) is 5.32 Å². The van der Waals surface area contributed by atoms with Gasteiger partial charge in [-0.3, -0.25) is 4.79 Å². The van der Waals surface area contributed by atoms with Crippen LogP contribution in [0.1, 0.15) is 45.1 Å². The van der Waals surface area contributed by atoms with Crippen LogP contribution in [0.15, 0.2) is 66.9 Å². The van der Waals surface area contributed by atoms with Crippen molar-refractivity contribution in [1.82, 2.24) is 4.98 Å². The van der Waals surface area contributed by atoms with E-state index in [4.69, 9.17) is 4.74 Å². The van der Waals surface area contributed by atoms with Crippen molar-refractivity contribution in [2.24, 2.45) is 5.92 Å². The van der Waals surface area contributed by atoms with E-state index in [-0.39, 0.29) is 11.8 Å². The van der Waals surface area contributed by atoms with Gasteiger partial charge in [-0.25, -0.2) is 0 Å². The molecule has 4 nitrogen and oxygen atoms in total. The Labute approximate surface area is 191 Å². The summed E-state index contributed by atoms with van der Waals surface area (Å²) < 4.78 is 41.3. The number of anilines is 1. The summed E-state index contributed by atoms with van der Waals surface area (Å²) in [5, 5.41) is 4.00. The molecule has 0 saturated heterocycles. The summed E-state index contributed by atoms with van der Waals surface area (Å²) in [5.41, 5.74) is 2.21. The Bertz CT molecular complexity index is 1090. The second kappa shape index (κ2) is 10.6. The Balaban J connectivity index is 0.000000257. The van der Waals surface area contributed by atoms with Gasteiger partial charge in [0.05, 0.1) is 17.4 Å². The van der Waals surface area contributed by atoms with E-state index in [0.717, 1.165) is 52.9 Å². The Hall–Kier alpha value is -3.22. The van der Waals surface area contributed by atoms with Gasteiger partial charge in [0.15, 0.2) is 0 Å². The summed E-state index contributed by atoms with van der Waals surface area (Å²) in [6, 6.07) is 12.3. The summed E-state index contributed by atoms with van der Waals surface area (Å²) >= 11 is 0. The van der Waals surface area contributed by atoms with E-state index in [1.807, 2.05) is 38.2 Å². The molecule has 0 spiro atoms. The number of rotatable bonds is 6. The van der Waals surface area contributed by atoms with Gasteiger partial charge in [-0.05, 0) is 50.8 Å². The monoisotopic (exact) mass is 458 g/mol. The molecule has 0 aliphatic heterocycles. The Morgan fingerprint density at radius 1 is 1.21 bits per heavy atom. The minimum atomic E-state index is -4.21. The van der Waals surface area contributed by atoms with E-state index in [1.165, 1.54) is 18.6 Å². The lowest BCUT2D eigenvalue weighted by Crippen LogP contribution is -2.24. The smallest absolute Gasteiger partial charge is 0.416 e. The van der Waals surface area contributed by atoms with E-state index < -0.39 is 11.7 Å². The molecule has 1 fully saturated rings. The molecule has 176 valence electrons. The first-order valence-electron chi connectivity index (χ1n) is 11.0. The molecule has 1 heterocycles. The Morgan fingerprint density at radius 3 is 2.45 bits per heavy atom. The van der Waals surface area contributed by atoms with Crippen LogP contribution in [0.25, 0.3) is 10.9 Å². The Kier molecular flexibility index (Phi) is 7.84. The predicted octanol–water partition coefficient (Wildman–Crippen LogP) is 7.35. The van der Waals surface area contributed by atoms with Crippen molar-refractivity contribution >= 4 is 22.5 Å². The van der Waals surface area contributed by atoms with Gasteiger partial charge in [0.1, 0.15) is 5.75 Å². The largest absolute Gasteiger partial charge is 0.490 e. The van der Waals surface area contributed by atoms with Crippen LogP contribution < -0.4 is 10.1 Å². The molecule has 2 aromatic carbocycles. The van der Waals surface area contributed by atoms with Gasteiger partial charge in [0.2, 0.25) is 5.91 Å². The van der Waals surface area contributed by atoms with E-state index in [0.29, 0.717) is 12.5 Å². The highest BCUT2D eigenvalue weighted by molar-refractivity contribution is 6.02. The van der Waals surface area contributed by atoms with Crippen molar-refractivity contribution < 1.29 is 22.7 Å². The maximum atomic E-state index is 12.3. The minimum Gasteiger partial charge on any atom is -0.490 e. The fourth-order valence-electron chi connectivity index (χ4n) is 3.46. The first kappa shape index (κ1) is 24.4. The van der Waals surface area contributed by atoms with E-state index >= 15 is 0 Å². The van der Waals surface area contributed by atoms with E-state index in [9.17, 15) is 18.0 Å². The molecule has 2 N–H and O–H groups in total. The molecule has 1 atom stereocenters. The quantitative estimate of drug-likeness (QED) is 0.380. The summed E-state index contributed by atoms with van der Waals surface area (Å²) in [4.78, 5) is 15.5. The second-order valence-electron chi connectivity index (χ2n) is 8.50. The van der Waals surface area contributed by atoms with Crippen molar-refractivity contribution in [2.45, 2.75) is 51.8 Å². The summed E-state index contributed by atoms with van der Waals surface area (Å²) in [6.45, 7) is 7.74. The molecular formula is C26H29F3N2O2. The van der Waals surface area contributed by atoms with Crippen molar-refractivity contribution in [3.63, 3.8) is 0 Å². The predicted molar refractivity (Wildman–Crippen MR) is 125 cm³/mol. The number of fused-ring (bicyclic) bond motifs is 1. The van der Waals surface area contributed by atoms with Crippen molar-refractivity contribution in [1.29, 1.82) is 0 Å². The highest BCUT2D eigenvalue weighted by atomic mass is 19.4. The van der Waals surface area contributed by atoms with Gasteiger partial charge in [-0.15, -0.1) is 6.58 Å². The molecule has 1 aliphatic carbocycles. The number of nitrogens with one attached hydrogen (secondary N) is 2. The van der Waals surface area contributed by atoms with Crippen LogP contribution in [0.3, 0.4) is 0 Å². The van der Waals surface area contributed by atoms with Crippen LogP contribution in [-0.2, 0) is 11.0 Å². The highest BCUT2D eigenvalue weighted by Gasteiger charge is 2.29. The standard InChI is InChI=1S/C19H24N2O2.C7H5F3/c1-12(2)9-13(3)19(22)21-18-11-20-17-8-7-15(10-16(17)18)23-14-5-4-6-14;8-7(9,10)6-4-2-1-3-5-6/h7-8,10-11,13-14,20H,1,4-6,9H2,2-3H3,(H,21,22);1-5H.